The van der Waals surface area contributed by atoms with Crippen LogP contribution in [0.15, 0.2) is 109 Å². The summed E-state index contributed by atoms with van der Waals surface area (Å²) < 4.78 is 39.3. The van der Waals surface area contributed by atoms with Crippen LogP contribution < -0.4 is 0 Å². The molecule has 0 saturated carbocycles. The molecular weight excluding hydrogens is 589 g/mol. The fourth-order valence-corrected chi connectivity index (χ4v) is 5.64. The maximum atomic E-state index is 14.3. The van der Waals surface area contributed by atoms with Gasteiger partial charge in [0.15, 0.2) is 0 Å². The van der Waals surface area contributed by atoms with Crippen LogP contribution in [-0.2, 0) is 28.7 Å². The largest absolute Gasteiger partial charge is 0.416 e. The number of hydrogen-bond donors (Lipinski definition) is 0. The molecule has 1 saturated heterocycles. The quantitative estimate of drug-likeness (QED) is 0.187. The summed E-state index contributed by atoms with van der Waals surface area (Å²) >= 11 is 0. The molecule has 1 aliphatic rings. The Morgan fingerprint density at radius 1 is 0.913 bits per heavy atom. The van der Waals surface area contributed by atoms with E-state index < -0.39 is 23.7 Å². The van der Waals surface area contributed by atoms with Gasteiger partial charge in [0.25, 0.3) is 0 Å². The smallest absolute Gasteiger partial charge is 0.339 e. The van der Waals surface area contributed by atoms with Crippen LogP contribution in [0.4, 0.5) is 13.2 Å². The zero-order chi connectivity index (χ0) is 32.7. The number of carbonyl (C=O) groups is 2. The van der Waals surface area contributed by atoms with Crippen LogP contribution in [0.25, 0.3) is 17.3 Å². The number of alkyl halides is 3. The zero-order valence-corrected chi connectivity index (χ0v) is 25.9. The number of pyridine rings is 1. The molecule has 0 radical (unpaired) electrons. The van der Waals surface area contributed by atoms with E-state index in [1.54, 1.807) is 11.1 Å². The average molecular weight is 627 g/mol. The Morgan fingerprint density at radius 2 is 1.61 bits per heavy atom. The van der Waals surface area contributed by atoms with Gasteiger partial charge >= 0.3 is 6.18 Å². The predicted octanol–water partition coefficient (Wildman–Crippen LogP) is 6.58. The molecule has 4 aromatic rings. The second-order valence-electron chi connectivity index (χ2n) is 11.7. The van der Waals surface area contributed by atoms with Crippen molar-refractivity contribution in [1.29, 1.82) is 0 Å². The first-order valence-electron chi connectivity index (χ1n) is 15.2. The van der Waals surface area contributed by atoms with Gasteiger partial charge in [0.05, 0.1) is 11.3 Å². The number of likely N-dealkylation sites (N-methyl/N-ethyl adjacent to an activating group) is 1. The summed E-state index contributed by atoms with van der Waals surface area (Å²) in [5, 5.41) is 0. The molecule has 2 heterocycles. The van der Waals surface area contributed by atoms with Gasteiger partial charge in [-0.25, -0.2) is 0 Å². The predicted molar refractivity (Wildman–Crippen MR) is 173 cm³/mol. The molecule has 2 amide bonds. The van der Waals surface area contributed by atoms with E-state index in [0.29, 0.717) is 25.1 Å². The fraction of sp³-hybridized carbons (Fsp3) is 0.270. The van der Waals surface area contributed by atoms with Crippen molar-refractivity contribution in [1.82, 2.24) is 19.7 Å². The van der Waals surface area contributed by atoms with Crippen molar-refractivity contribution in [3.05, 3.63) is 132 Å². The molecule has 238 valence electrons. The maximum absolute atomic E-state index is 14.3. The van der Waals surface area contributed by atoms with Crippen molar-refractivity contribution in [2.75, 3.05) is 27.2 Å². The van der Waals surface area contributed by atoms with Gasteiger partial charge < -0.3 is 14.7 Å². The minimum atomic E-state index is -4.45. The van der Waals surface area contributed by atoms with Crippen LogP contribution in [0, 0.1) is 0 Å². The summed E-state index contributed by atoms with van der Waals surface area (Å²) in [5.74, 6) is -0.541. The summed E-state index contributed by atoms with van der Waals surface area (Å²) in [6.07, 6.45) is 1.26. The molecule has 46 heavy (non-hydrogen) atoms. The van der Waals surface area contributed by atoms with E-state index in [1.807, 2.05) is 91.8 Å². The Morgan fingerprint density at radius 3 is 2.22 bits per heavy atom. The third-order valence-electron chi connectivity index (χ3n) is 8.35. The van der Waals surface area contributed by atoms with Crippen LogP contribution in [0.5, 0.6) is 0 Å². The van der Waals surface area contributed by atoms with Crippen LogP contribution in [-0.4, -0.2) is 70.8 Å². The highest BCUT2D eigenvalue weighted by molar-refractivity contribution is 5.96. The summed E-state index contributed by atoms with van der Waals surface area (Å²) in [7, 11) is 3.99. The Labute approximate surface area is 267 Å². The summed E-state index contributed by atoms with van der Waals surface area (Å²) in [6.45, 7) is 1.32. The Hall–Kier alpha value is -4.76. The van der Waals surface area contributed by atoms with Gasteiger partial charge in [-0.05, 0) is 67.5 Å². The van der Waals surface area contributed by atoms with E-state index >= 15 is 0 Å². The molecule has 0 N–H and O–H groups in total. The van der Waals surface area contributed by atoms with Gasteiger partial charge in [0.2, 0.25) is 11.8 Å². The minimum absolute atomic E-state index is 0.130. The lowest BCUT2D eigenvalue weighted by molar-refractivity contribution is -0.143. The van der Waals surface area contributed by atoms with Gasteiger partial charge in [-0.15, -0.1) is 0 Å². The number of carbonyl (C=O) groups excluding carboxylic acids is 2. The molecule has 9 heteroatoms. The van der Waals surface area contributed by atoms with Crippen molar-refractivity contribution < 1.29 is 22.8 Å². The molecule has 1 aromatic heterocycles. The Bertz CT molecular complexity index is 1620. The monoisotopic (exact) mass is 626 g/mol. The molecule has 0 spiro atoms. The fourth-order valence-electron chi connectivity index (χ4n) is 5.64. The first-order chi connectivity index (χ1) is 22.1. The third kappa shape index (κ3) is 8.28. The molecule has 3 aromatic carbocycles. The normalized spacial score (nSPS) is 15.8. The summed E-state index contributed by atoms with van der Waals surface area (Å²) in [6, 6.07) is 27.1. The number of likely N-dealkylation sites (tertiary alicyclic amines) is 1. The highest BCUT2D eigenvalue weighted by Crippen LogP contribution is 2.29. The number of hydrogen-bond acceptors (Lipinski definition) is 4. The van der Waals surface area contributed by atoms with Crippen LogP contribution in [0.2, 0.25) is 0 Å². The lowest BCUT2D eigenvalue weighted by atomic mass is 10.0. The first kappa shape index (κ1) is 32.6. The van der Waals surface area contributed by atoms with Gasteiger partial charge in [0, 0.05) is 49.9 Å². The summed E-state index contributed by atoms with van der Waals surface area (Å²) in [4.78, 5) is 38.2. The van der Waals surface area contributed by atoms with Crippen molar-refractivity contribution in [2.24, 2.45) is 0 Å². The topological polar surface area (TPSA) is 56.8 Å². The number of halogens is 3. The number of benzene rings is 3. The average Bonchev–Trinajstić information content (AvgIpc) is 3.57. The number of amides is 2. The van der Waals surface area contributed by atoms with E-state index in [1.165, 1.54) is 24.3 Å². The molecule has 0 unspecified atom stereocenters. The Kier molecular flexibility index (Phi) is 10.3. The van der Waals surface area contributed by atoms with Crippen molar-refractivity contribution in [3.8, 4) is 11.3 Å². The molecule has 6 nitrogen and oxygen atoms in total. The zero-order valence-electron chi connectivity index (χ0n) is 25.9. The lowest BCUT2D eigenvalue weighted by Gasteiger charge is -2.33. The second kappa shape index (κ2) is 14.6. The van der Waals surface area contributed by atoms with Crippen LogP contribution in [0.1, 0.15) is 28.7 Å². The van der Waals surface area contributed by atoms with Gasteiger partial charge in [0.1, 0.15) is 6.04 Å². The van der Waals surface area contributed by atoms with Crippen molar-refractivity contribution >= 4 is 17.9 Å². The highest BCUT2D eigenvalue weighted by atomic mass is 19.4. The van der Waals surface area contributed by atoms with Gasteiger partial charge in [-0.1, -0.05) is 72.8 Å². The van der Waals surface area contributed by atoms with Gasteiger partial charge in [-0.3, -0.25) is 14.6 Å². The van der Waals surface area contributed by atoms with E-state index in [0.717, 1.165) is 40.9 Å². The van der Waals surface area contributed by atoms with E-state index in [-0.39, 0.29) is 18.5 Å². The highest BCUT2D eigenvalue weighted by Gasteiger charge is 2.36. The first-order valence-corrected chi connectivity index (χ1v) is 15.2. The van der Waals surface area contributed by atoms with Crippen LogP contribution >= 0.6 is 0 Å². The molecule has 0 aliphatic carbocycles. The second-order valence-corrected chi connectivity index (χ2v) is 11.7. The minimum Gasteiger partial charge on any atom is -0.339 e. The van der Waals surface area contributed by atoms with Crippen molar-refractivity contribution in [2.45, 2.75) is 37.6 Å². The lowest BCUT2D eigenvalue weighted by Crippen LogP contribution is -2.51. The standard InChI is InChI=1S/C37H37F3N4O2/c1-42(2)32-21-23-43(26-32)36(46)34(24-28-8-4-3-5-9-28)44(25-29-11-16-30(17-12-29)33-10-6-7-22-41-33)35(45)20-15-27-13-18-31(19-14-27)37(38,39)40/h3-20,22,32,34H,21,23-26H2,1-2H3/t32-,34+/m1/s1. The SMILES string of the molecule is CN(C)[C@@H]1CCN(C(=O)[C@H](Cc2ccccc2)N(Cc2ccc(-c3ccccn3)cc2)C(=O)C=Cc2ccc(C(F)(F)F)cc2)C1. The molecule has 1 aliphatic heterocycles. The molecular formula is C37H37F3N4O2. The molecule has 1 fully saturated rings. The number of rotatable bonds is 10. The van der Waals surface area contributed by atoms with E-state index in [2.05, 4.69) is 9.88 Å². The van der Waals surface area contributed by atoms with Crippen LogP contribution in [0.3, 0.4) is 0 Å². The summed E-state index contributed by atoms with van der Waals surface area (Å²) in [5.41, 5.74) is 3.17. The van der Waals surface area contributed by atoms with E-state index in [9.17, 15) is 22.8 Å². The number of aromatic nitrogens is 1. The Balaban J connectivity index is 1.47. The number of nitrogens with zero attached hydrogens (tertiary/aromatic N) is 4. The molecule has 5 rings (SSSR count). The van der Waals surface area contributed by atoms with E-state index in [4.69, 9.17) is 0 Å². The maximum Gasteiger partial charge on any atom is 0.416 e. The van der Waals surface area contributed by atoms with Gasteiger partial charge in [-0.2, -0.15) is 13.2 Å². The third-order valence-corrected chi connectivity index (χ3v) is 8.35. The molecule has 0 bridgehead atoms. The molecule has 2 atom stereocenters. The van der Waals surface area contributed by atoms with Crippen molar-refractivity contribution in [3.63, 3.8) is 0 Å².